The Labute approximate surface area is 442 Å². The molecule has 0 bridgehead atoms. The second kappa shape index (κ2) is 26.0. The number of likely N-dealkylation sites (N-methyl/N-ethyl adjacent to an activating group) is 2. The predicted molar refractivity (Wildman–Crippen MR) is 299 cm³/mol. The number of benzene rings is 6. The number of amides is 3. The maximum atomic E-state index is 15.5. The number of Topliss-reactive ketones (excluding diaryl/α,β-unsaturated/α-hetero) is 1. The zero-order valence-electron chi connectivity index (χ0n) is 43.6. The molecule has 384 valence electrons. The number of ether oxygens (including phenoxy) is 2. The van der Waals surface area contributed by atoms with E-state index in [2.05, 4.69) is 83.4 Å². The van der Waals surface area contributed by atoms with Gasteiger partial charge < -0.3 is 29.9 Å². The van der Waals surface area contributed by atoms with Crippen LogP contribution in [0.15, 0.2) is 182 Å². The molecule has 2 N–H and O–H groups in total. The number of rotatable bonds is 23. The third-order valence-corrected chi connectivity index (χ3v) is 15.6. The van der Waals surface area contributed by atoms with E-state index in [0.29, 0.717) is 5.75 Å². The van der Waals surface area contributed by atoms with Crippen LogP contribution in [0.4, 0.5) is 9.59 Å². The van der Waals surface area contributed by atoms with Crippen LogP contribution in [-0.2, 0) is 28.6 Å². The van der Waals surface area contributed by atoms with Gasteiger partial charge in [0, 0.05) is 58.2 Å². The molecule has 0 radical (unpaired) electrons. The average Bonchev–Trinajstić information content (AvgIpc) is 3.38. The Morgan fingerprint density at radius 1 is 0.466 bits per heavy atom. The number of hydrogen-bond acceptors (Lipinski definition) is 9. The van der Waals surface area contributed by atoms with Gasteiger partial charge in [-0.05, 0) is 74.9 Å². The SMILES string of the molecule is CN(CCNC(=O)[C@H](CSC(c1ccccc1)(c1ccccc1)c1ccccc1)CC(=O)[C@H](CSC(c1ccccc1)(c1ccccc1)c1ccccc1)NCCN(C)C(=O)OC(C)(C)C)C(=O)OC(C)(C)C. The van der Waals surface area contributed by atoms with Crippen molar-refractivity contribution in [3.05, 3.63) is 215 Å². The predicted octanol–water partition coefficient (Wildman–Crippen LogP) is 11.8. The molecule has 0 fully saturated rings. The molecule has 0 aromatic heterocycles. The van der Waals surface area contributed by atoms with Crippen molar-refractivity contribution in [2.75, 3.05) is 51.8 Å². The van der Waals surface area contributed by atoms with Gasteiger partial charge in [0.1, 0.15) is 11.2 Å². The smallest absolute Gasteiger partial charge is 0.410 e. The minimum absolute atomic E-state index is 0.0929. The highest BCUT2D eigenvalue weighted by atomic mass is 32.2. The van der Waals surface area contributed by atoms with Crippen molar-refractivity contribution >= 4 is 47.4 Å². The zero-order chi connectivity index (χ0) is 52.5. The van der Waals surface area contributed by atoms with Gasteiger partial charge in [0.25, 0.3) is 0 Å². The van der Waals surface area contributed by atoms with E-state index in [9.17, 15) is 14.4 Å². The Bertz CT molecular complexity index is 2460. The van der Waals surface area contributed by atoms with Crippen LogP contribution in [0.25, 0.3) is 0 Å². The minimum Gasteiger partial charge on any atom is -0.444 e. The summed E-state index contributed by atoms with van der Waals surface area (Å²) in [6.07, 6.45) is -1.05. The molecule has 0 spiro atoms. The van der Waals surface area contributed by atoms with Crippen molar-refractivity contribution in [1.82, 2.24) is 20.4 Å². The van der Waals surface area contributed by atoms with Crippen LogP contribution < -0.4 is 10.6 Å². The largest absolute Gasteiger partial charge is 0.444 e. The van der Waals surface area contributed by atoms with Crippen LogP contribution in [0.2, 0.25) is 0 Å². The Balaban J connectivity index is 1.39. The van der Waals surface area contributed by atoms with E-state index < -0.39 is 44.8 Å². The molecule has 2 atom stereocenters. The lowest BCUT2D eigenvalue weighted by Gasteiger charge is -2.37. The Hall–Kier alpha value is -6.34. The van der Waals surface area contributed by atoms with E-state index in [0.717, 1.165) is 33.4 Å². The third-order valence-electron chi connectivity index (χ3n) is 12.3. The van der Waals surface area contributed by atoms with E-state index in [4.69, 9.17) is 9.47 Å². The lowest BCUT2D eigenvalue weighted by molar-refractivity contribution is -0.129. The lowest BCUT2D eigenvalue weighted by Crippen LogP contribution is -2.47. The van der Waals surface area contributed by atoms with Gasteiger partial charge >= 0.3 is 12.2 Å². The molecule has 0 unspecified atom stereocenters. The molecule has 6 rings (SSSR count). The number of hydrogen-bond donors (Lipinski definition) is 2. The van der Waals surface area contributed by atoms with Crippen molar-refractivity contribution < 1.29 is 28.7 Å². The standard InChI is InChI=1S/C61H72N4O6S2/c1-58(2,3)70-56(68)64(7)41-39-62-53(45-73-61(50-33-21-12-22-34-50,51-35-23-13-24-36-51)52-37-25-14-26-38-52)54(66)43-46(55(67)63-40-42-65(8)57(69)71-59(4,5)6)44-72-60(47-27-15-9-16-28-47,48-29-17-10-18-30-48)49-31-19-11-20-32-49/h9-38,46,53,62H,39-45H2,1-8H3,(H,63,67)/t46-,53-/m0/s1. The highest BCUT2D eigenvalue weighted by molar-refractivity contribution is 8.01. The van der Waals surface area contributed by atoms with Crippen molar-refractivity contribution in [3.8, 4) is 0 Å². The molecule has 10 nitrogen and oxygen atoms in total. The Morgan fingerprint density at radius 3 is 1.08 bits per heavy atom. The summed E-state index contributed by atoms with van der Waals surface area (Å²) >= 11 is 3.29. The molecule has 0 heterocycles. The van der Waals surface area contributed by atoms with E-state index in [1.807, 2.05) is 151 Å². The van der Waals surface area contributed by atoms with Crippen LogP contribution >= 0.6 is 23.5 Å². The number of nitrogens with one attached hydrogen (secondary N) is 2. The fraction of sp³-hybridized carbons (Fsp3) is 0.344. The van der Waals surface area contributed by atoms with Gasteiger partial charge in [0.2, 0.25) is 5.91 Å². The molecule has 73 heavy (non-hydrogen) atoms. The highest BCUT2D eigenvalue weighted by Gasteiger charge is 2.41. The maximum Gasteiger partial charge on any atom is 0.410 e. The highest BCUT2D eigenvalue weighted by Crippen LogP contribution is 2.50. The van der Waals surface area contributed by atoms with E-state index in [-0.39, 0.29) is 50.0 Å². The zero-order valence-corrected chi connectivity index (χ0v) is 45.2. The molecule has 0 saturated heterocycles. The first-order valence-corrected chi connectivity index (χ1v) is 26.9. The van der Waals surface area contributed by atoms with Gasteiger partial charge in [-0.15, -0.1) is 23.5 Å². The van der Waals surface area contributed by atoms with Gasteiger partial charge in [0.05, 0.1) is 21.5 Å². The number of nitrogens with zero attached hydrogens (tertiary/aromatic N) is 2. The summed E-state index contributed by atoms with van der Waals surface area (Å²) in [5.41, 5.74) is 4.90. The molecular formula is C61H72N4O6S2. The van der Waals surface area contributed by atoms with Gasteiger partial charge in [-0.1, -0.05) is 182 Å². The van der Waals surface area contributed by atoms with Crippen LogP contribution in [-0.4, -0.2) is 103 Å². The third kappa shape index (κ3) is 15.4. The molecular weight excluding hydrogens is 949 g/mol. The molecule has 6 aromatic carbocycles. The Morgan fingerprint density at radius 2 is 0.767 bits per heavy atom. The van der Waals surface area contributed by atoms with Gasteiger partial charge in [-0.3, -0.25) is 9.59 Å². The molecule has 3 amide bonds. The normalized spacial score (nSPS) is 12.8. The molecule has 12 heteroatoms. The monoisotopic (exact) mass is 1020 g/mol. The lowest BCUT2D eigenvalue weighted by atomic mass is 9.84. The molecule has 0 aliphatic heterocycles. The number of thioether (sulfide) groups is 2. The molecule has 0 aliphatic rings. The van der Waals surface area contributed by atoms with Gasteiger partial charge in [-0.2, -0.15) is 0 Å². The van der Waals surface area contributed by atoms with E-state index >= 15 is 4.79 Å². The summed E-state index contributed by atoms with van der Waals surface area (Å²) < 4.78 is 9.76. The molecule has 0 saturated carbocycles. The van der Waals surface area contributed by atoms with Gasteiger partial charge in [0.15, 0.2) is 5.78 Å². The van der Waals surface area contributed by atoms with E-state index in [1.165, 1.54) is 9.80 Å². The minimum atomic E-state index is -0.805. The summed E-state index contributed by atoms with van der Waals surface area (Å²) in [5, 5.41) is 6.67. The summed E-state index contributed by atoms with van der Waals surface area (Å²) in [6.45, 7) is 11.8. The summed E-state index contributed by atoms with van der Waals surface area (Å²) in [5.74, 6) is -0.670. The number of carbonyl (C=O) groups is 4. The first-order valence-electron chi connectivity index (χ1n) is 25.0. The first kappa shape index (κ1) is 56.0. The maximum absolute atomic E-state index is 15.5. The second-order valence-corrected chi connectivity index (χ2v) is 22.6. The van der Waals surface area contributed by atoms with Crippen LogP contribution in [0.1, 0.15) is 81.3 Å². The van der Waals surface area contributed by atoms with Crippen molar-refractivity contribution in [2.45, 2.75) is 74.7 Å². The summed E-state index contributed by atoms with van der Waals surface area (Å²) in [6, 6.07) is 61.1. The quantitative estimate of drug-likeness (QED) is 0.0605. The van der Waals surface area contributed by atoms with Crippen molar-refractivity contribution in [3.63, 3.8) is 0 Å². The van der Waals surface area contributed by atoms with Crippen LogP contribution in [0.5, 0.6) is 0 Å². The second-order valence-electron chi connectivity index (χ2n) is 20.1. The first-order chi connectivity index (χ1) is 34.9. The fourth-order valence-electron chi connectivity index (χ4n) is 8.61. The van der Waals surface area contributed by atoms with Crippen LogP contribution in [0, 0.1) is 5.92 Å². The summed E-state index contributed by atoms with van der Waals surface area (Å²) in [7, 11) is 3.32. The Kier molecular flexibility index (Phi) is 20.0. The number of carbonyl (C=O) groups excluding carboxylic acids is 4. The van der Waals surface area contributed by atoms with Crippen molar-refractivity contribution in [1.29, 1.82) is 0 Å². The van der Waals surface area contributed by atoms with Crippen LogP contribution in [0.3, 0.4) is 0 Å². The topological polar surface area (TPSA) is 117 Å². The van der Waals surface area contributed by atoms with Crippen molar-refractivity contribution in [2.24, 2.45) is 5.92 Å². The molecule has 6 aromatic rings. The number of ketones is 1. The molecule has 0 aliphatic carbocycles. The van der Waals surface area contributed by atoms with Gasteiger partial charge in [-0.25, -0.2) is 9.59 Å². The van der Waals surface area contributed by atoms with E-state index in [1.54, 1.807) is 37.6 Å². The summed E-state index contributed by atoms with van der Waals surface area (Å²) in [4.78, 5) is 59.4. The fourth-order valence-corrected chi connectivity index (χ4v) is 11.9. The average molecular weight is 1020 g/mol.